The van der Waals surface area contributed by atoms with Crippen LogP contribution in [-0.4, -0.2) is 14.5 Å². The minimum absolute atomic E-state index is 0.0984. The third-order valence-corrected chi connectivity index (χ3v) is 5.02. The molecule has 0 bridgehead atoms. The van der Waals surface area contributed by atoms with Crippen molar-refractivity contribution in [3.63, 3.8) is 0 Å². The Labute approximate surface area is 123 Å². The molecule has 1 aromatic carbocycles. The van der Waals surface area contributed by atoms with Crippen LogP contribution in [0.25, 0.3) is 0 Å². The Morgan fingerprint density at radius 2 is 1.90 bits per heavy atom. The van der Waals surface area contributed by atoms with E-state index >= 15 is 0 Å². The molecule has 20 heavy (non-hydrogen) atoms. The molecule has 0 aromatic heterocycles. The molecule has 2 atom stereocenters. The normalized spacial score (nSPS) is 14.8. The smallest absolute Gasteiger partial charge is 0.207 e. The molecule has 0 aliphatic carbocycles. The number of unbranched alkanes of at least 4 members (excludes halogenated alkanes) is 1. The van der Waals surface area contributed by atoms with E-state index in [1.54, 1.807) is 18.2 Å². The van der Waals surface area contributed by atoms with Crippen LogP contribution in [0.2, 0.25) is 0 Å². The first-order chi connectivity index (χ1) is 9.40. The summed E-state index contributed by atoms with van der Waals surface area (Å²) in [5.41, 5.74) is 1.05. The van der Waals surface area contributed by atoms with Crippen molar-refractivity contribution < 1.29 is 8.42 Å². The number of nitrogens with one attached hydrogen (secondary N) is 1. The molecule has 0 saturated heterocycles. The predicted molar refractivity (Wildman–Crippen MR) is 84.2 cm³/mol. The van der Waals surface area contributed by atoms with Gasteiger partial charge in [-0.2, -0.15) is 0 Å². The summed E-state index contributed by atoms with van der Waals surface area (Å²) in [4.78, 5) is 0.320. The first-order valence-electron chi connectivity index (χ1n) is 7.12. The number of sulfonamides is 1. The minimum atomic E-state index is -3.46. The zero-order chi connectivity index (χ0) is 15.2. The largest absolute Gasteiger partial charge is 0.240 e. The molecule has 0 spiro atoms. The van der Waals surface area contributed by atoms with Crippen molar-refractivity contribution in [3.8, 4) is 0 Å². The highest BCUT2D eigenvalue weighted by molar-refractivity contribution is 7.89. The summed E-state index contributed by atoms with van der Waals surface area (Å²) >= 11 is 0. The molecule has 0 amide bonds. The fourth-order valence-corrected chi connectivity index (χ4v) is 3.36. The van der Waals surface area contributed by atoms with E-state index in [0.29, 0.717) is 4.90 Å². The Morgan fingerprint density at radius 1 is 1.30 bits per heavy atom. The highest BCUT2D eigenvalue weighted by Crippen LogP contribution is 2.17. The lowest BCUT2D eigenvalue weighted by molar-refractivity contribution is 0.442. The van der Waals surface area contributed by atoms with Gasteiger partial charge in [-0.05, 0) is 31.4 Å². The van der Waals surface area contributed by atoms with Gasteiger partial charge in [-0.3, -0.25) is 0 Å². The highest BCUT2D eigenvalue weighted by atomic mass is 32.2. The SMILES string of the molecule is C=C[C@@H](C)[C@@H](CCCC)NS(=O)(=O)c1ccc(C)cc1. The van der Waals surface area contributed by atoms with Crippen LogP contribution < -0.4 is 4.72 Å². The van der Waals surface area contributed by atoms with Crippen LogP contribution in [0.1, 0.15) is 38.7 Å². The van der Waals surface area contributed by atoms with Crippen molar-refractivity contribution in [1.82, 2.24) is 4.72 Å². The van der Waals surface area contributed by atoms with Crippen LogP contribution in [0.15, 0.2) is 41.8 Å². The van der Waals surface area contributed by atoms with Crippen molar-refractivity contribution in [1.29, 1.82) is 0 Å². The summed E-state index contributed by atoms with van der Waals surface area (Å²) in [5.74, 6) is 0.113. The van der Waals surface area contributed by atoms with Crippen LogP contribution in [0.5, 0.6) is 0 Å². The van der Waals surface area contributed by atoms with E-state index in [0.717, 1.165) is 24.8 Å². The standard InChI is InChI=1S/C16H25NO2S/c1-5-7-8-16(14(4)6-2)17-20(18,19)15-11-9-13(3)10-12-15/h6,9-12,14,16-17H,2,5,7-8H2,1,3-4H3/t14-,16-/m1/s1. The third kappa shape index (κ3) is 4.76. The van der Waals surface area contributed by atoms with Gasteiger partial charge in [0.2, 0.25) is 10.0 Å². The van der Waals surface area contributed by atoms with Gasteiger partial charge in [0.1, 0.15) is 0 Å². The first kappa shape index (κ1) is 16.9. The van der Waals surface area contributed by atoms with Gasteiger partial charge in [-0.25, -0.2) is 13.1 Å². The van der Waals surface area contributed by atoms with Crippen LogP contribution in [0, 0.1) is 12.8 Å². The molecule has 3 nitrogen and oxygen atoms in total. The van der Waals surface area contributed by atoms with Gasteiger partial charge in [0, 0.05) is 6.04 Å². The fraction of sp³-hybridized carbons (Fsp3) is 0.500. The summed E-state index contributed by atoms with van der Waals surface area (Å²) in [6.45, 7) is 9.80. The van der Waals surface area contributed by atoms with Crippen LogP contribution in [0.4, 0.5) is 0 Å². The average Bonchev–Trinajstić information content (AvgIpc) is 2.43. The Hall–Kier alpha value is -1.13. The van der Waals surface area contributed by atoms with Gasteiger partial charge in [0.15, 0.2) is 0 Å². The van der Waals surface area contributed by atoms with Crippen LogP contribution in [0.3, 0.4) is 0 Å². The molecule has 112 valence electrons. The maximum atomic E-state index is 12.4. The molecule has 0 aliphatic rings. The number of hydrogen-bond donors (Lipinski definition) is 1. The van der Waals surface area contributed by atoms with Crippen LogP contribution in [-0.2, 0) is 10.0 Å². The van der Waals surface area contributed by atoms with Crippen molar-refractivity contribution in [2.45, 2.75) is 51.0 Å². The van der Waals surface area contributed by atoms with E-state index in [9.17, 15) is 8.42 Å². The average molecular weight is 295 g/mol. The number of aryl methyl sites for hydroxylation is 1. The van der Waals surface area contributed by atoms with E-state index in [1.807, 2.05) is 26.0 Å². The number of hydrogen-bond acceptors (Lipinski definition) is 2. The van der Waals surface area contributed by atoms with Crippen molar-refractivity contribution in [2.24, 2.45) is 5.92 Å². The van der Waals surface area contributed by atoms with E-state index < -0.39 is 10.0 Å². The van der Waals surface area contributed by atoms with E-state index in [1.165, 1.54) is 0 Å². The molecule has 0 heterocycles. The van der Waals surface area contributed by atoms with Gasteiger partial charge < -0.3 is 0 Å². The molecule has 1 N–H and O–H groups in total. The highest BCUT2D eigenvalue weighted by Gasteiger charge is 2.22. The van der Waals surface area contributed by atoms with E-state index in [4.69, 9.17) is 0 Å². The lowest BCUT2D eigenvalue weighted by atomic mass is 9.98. The number of benzene rings is 1. The lowest BCUT2D eigenvalue weighted by Crippen LogP contribution is -2.38. The maximum absolute atomic E-state index is 12.4. The van der Waals surface area contributed by atoms with Gasteiger partial charge >= 0.3 is 0 Å². The van der Waals surface area contributed by atoms with Gasteiger partial charge in [-0.15, -0.1) is 6.58 Å². The molecule has 0 radical (unpaired) electrons. The van der Waals surface area contributed by atoms with Gasteiger partial charge in [0.05, 0.1) is 4.90 Å². The van der Waals surface area contributed by atoms with E-state index in [2.05, 4.69) is 18.2 Å². The summed E-state index contributed by atoms with van der Waals surface area (Å²) in [6.07, 6.45) is 4.68. The van der Waals surface area contributed by atoms with Gasteiger partial charge in [0.25, 0.3) is 0 Å². The molecule has 0 fully saturated rings. The minimum Gasteiger partial charge on any atom is -0.207 e. The summed E-state index contributed by atoms with van der Waals surface area (Å²) in [6, 6.07) is 6.82. The monoisotopic (exact) mass is 295 g/mol. The van der Waals surface area contributed by atoms with Crippen molar-refractivity contribution in [2.75, 3.05) is 0 Å². The Morgan fingerprint density at radius 3 is 2.40 bits per heavy atom. The predicted octanol–water partition coefficient (Wildman–Crippen LogP) is 3.65. The molecular weight excluding hydrogens is 270 g/mol. The molecule has 1 rings (SSSR count). The van der Waals surface area contributed by atoms with Crippen molar-refractivity contribution in [3.05, 3.63) is 42.5 Å². The lowest BCUT2D eigenvalue weighted by Gasteiger charge is -2.22. The fourth-order valence-electron chi connectivity index (χ4n) is 2.00. The summed E-state index contributed by atoms with van der Waals surface area (Å²) in [5, 5.41) is 0. The Bertz CT molecular complexity index is 520. The Balaban J connectivity index is 2.90. The first-order valence-corrected chi connectivity index (χ1v) is 8.60. The Kier molecular flexibility index (Phi) is 6.43. The van der Waals surface area contributed by atoms with Crippen molar-refractivity contribution >= 4 is 10.0 Å². The number of rotatable bonds is 8. The molecule has 1 aromatic rings. The topological polar surface area (TPSA) is 46.2 Å². The van der Waals surface area contributed by atoms with Crippen LogP contribution >= 0.6 is 0 Å². The molecular formula is C16H25NO2S. The second kappa shape index (κ2) is 7.60. The second-order valence-electron chi connectivity index (χ2n) is 5.28. The third-order valence-electron chi connectivity index (χ3n) is 3.51. The second-order valence-corrected chi connectivity index (χ2v) is 6.99. The maximum Gasteiger partial charge on any atom is 0.240 e. The quantitative estimate of drug-likeness (QED) is 0.744. The van der Waals surface area contributed by atoms with E-state index in [-0.39, 0.29) is 12.0 Å². The molecule has 4 heteroatoms. The summed E-state index contributed by atoms with van der Waals surface area (Å²) in [7, 11) is -3.46. The molecule has 0 unspecified atom stereocenters. The zero-order valence-electron chi connectivity index (χ0n) is 12.6. The summed E-state index contributed by atoms with van der Waals surface area (Å²) < 4.78 is 27.6. The molecule has 0 aliphatic heterocycles. The molecule has 0 saturated carbocycles. The zero-order valence-corrected chi connectivity index (χ0v) is 13.4. The van der Waals surface area contributed by atoms with Gasteiger partial charge in [-0.1, -0.05) is 50.5 Å².